The van der Waals surface area contributed by atoms with Gasteiger partial charge in [0.2, 0.25) is 0 Å². The summed E-state index contributed by atoms with van der Waals surface area (Å²) in [7, 11) is 4.32. The fraction of sp³-hybridized carbons (Fsp3) is 0.500. The van der Waals surface area contributed by atoms with Gasteiger partial charge in [0.05, 0.1) is 0 Å². The molecule has 0 fully saturated rings. The van der Waals surface area contributed by atoms with E-state index in [0.717, 1.165) is 13.1 Å². The number of benzene rings is 1. The molecule has 2 rings (SSSR count). The van der Waals surface area contributed by atoms with Crippen LogP contribution in [0.25, 0.3) is 0 Å². The van der Waals surface area contributed by atoms with Crippen LogP contribution in [-0.2, 0) is 6.54 Å². The molecule has 0 amide bonds. The third-order valence-corrected chi connectivity index (χ3v) is 2.95. The second-order valence-electron chi connectivity index (χ2n) is 4.14. The summed E-state index contributed by atoms with van der Waals surface area (Å²) in [5, 5.41) is 3.46. The quantitative estimate of drug-likeness (QED) is 0.726. The molecule has 76 valence electrons. The zero-order chi connectivity index (χ0) is 9.97. The van der Waals surface area contributed by atoms with E-state index in [-0.39, 0.29) is 0 Å². The second-order valence-corrected chi connectivity index (χ2v) is 4.14. The van der Waals surface area contributed by atoms with Crippen molar-refractivity contribution < 1.29 is 0 Å². The molecule has 2 nitrogen and oxygen atoms in total. The van der Waals surface area contributed by atoms with Crippen LogP contribution in [0.1, 0.15) is 23.6 Å². The number of nitrogens with one attached hydrogen (secondary N) is 1. The maximum Gasteiger partial charge on any atom is 0.0357 e. The summed E-state index contributed by atoms with van der Waals surface area (Å²) >= 11 is 0. The lowest BCUT2D eigenvalue weighted by Crippen LogP contribution is -2.21. The highest BCUT2D eigenvalue weighted by Crippen LogP contribution is 2.26. The molecule has 0 bridgehead atoms. The molecule has 1 aliphatic heterocycles. The Labute approximate surface area is 85.9 Å². The Morgan fingerprint density at radius 3 is 2.86 bits per heavy atom. The van der Waals surface area contributed by atoms with E-state index in [1.165, 1.54) is 17.5 Å². The van der Waals surface area contributed by atoms with Gasteiger partial charge in [0.1, 0.15) is 0 Å². The number of nitrogens with zero attached hydrogens (tertiary/aromatic N) is 1. The number of hydrogen-bond donors (Lipinski definition) is 1. The predicted molar refractivity (Wildman–Crippen MR) is 59.2 cm³/mol. The third-order valence-electron chi connectivity index (χ3n) is 2.95. The van der Waals surface area contributed by atoms with Gasteiger partial charge in [-0.05, 0) is 38.2 Å². The zero-order valence-corrected chi connectivity index (χ0v) is 8.96. The molecule has 1 aromatic rings. The third kappa shape index (κ3) is 1.81. The summed E-state index contributed by atoms with van der Waals surface area (Å²) in [6.07, 6.45) is 1.20. The number of rotatable bonds is 1. The zero-order valence-electron chi connectivity index (χ0n) is 8.96. The number of hydrogen-bond acceptors (Lipinski definition) is 2. The van der Waals surface area contributed by atoms with Crippen molar-refractivity contribution in [3.05, 3.63) is 35.4 Å². The van der Waals surface area contributed by atoms with Crippen molar-refractivity contribution in [3.8, 4) is 0 Å². The van der Waals surface area contributed by atoms with Gasteiger partial charge in [-0.25, -0.2) is 0 Å². The molecule has 0 saturated carbocycles. The average Bonchev–Trinajstić information content (AvgIpc) is 2.39. The molecule has 0 aromatic heterocycles. The number of fused-ring (bicyclic) bond motifs is 1. The van der Waals surface area contributed by atoms with Crippen LogP contribution in [0.5, 0.6) is 0 Å². The van der Waals surface area contributed by atoms with E-state index < -0.39 is 0 Å². The second kappa shape index (κ2) is 4.11. The molecule has 1 heterocycles. The molecular weight excluding hydrogens is 172 g/mol. The van der Waals surface area contributed by atoms with E-state index in [1.807, 2.05) is 0 Å². The summed E-state index contributed by atoms with van der Waals surface area (Å²) in [5.41, 5.74) is 2.94. The van der Waals surface area contributed by atoms with Gasteiger partial charge < -0.3 is 10.2 Å². The Morgan fingerprint density at radius 2 is 2.07 bits per heavy atom. The first kappa shape index (κ1) is 9.69. The Bertz CT molecular complexity index is 307. The van der Waals surface area contributed by atoms with E-state index in [4.69, 9.17) is 0 Å². The largest absolute Gasteiger partial charge is 0.313 e. The molecule has 0 aliphatic carbocycles. The average molecular weight is 190 g/mol. The van der Waals surface area contributed by atoms with E-state index in [9.17, 15) is 0 Å². The van der Waals surface area contributed by atoms with E-state index >= 15 is 0 Å². The summed E-state index contributed by atoms with van der Waals surface area (Å²) in [6.45, 7) is 2.12. The normalized spacial score (nSPS) is 21.8. The molecule has 1 atom stereocenters. The van der Waals surface area contributed by atoms with Crippen LogP contribution in [0.4, 0.5) is 0 Å². The predicted octanol–water partition coefficient (Wildman–Crippen LogP) is 1.78. The lowest BCUT2D eigenvalue weighted by Gasteiger charge is -2.24. The van der Waals surface area contributed by atoms with Gasteiger partial charge in [-0.1, -0.05) is 24.3 Å². The maximum absolute atomic E-state index is 3.46. The topological polar surface area (TPSA) is 15.3 Å². The van der Waals surface area contributed by atoms with E-state index in [0.29, 0.717) is 6.04 Å². The van der Waals surface area contributed by atoms with Crippen LogP contribution < -0.4 is 5.32 Å². The Morgan fingerprint density at radius 1 is 1.29 bits per heavy atom. The summed E-state index contributed by atoms with van der Waals surface area (Å²) in [4.78, 5) is 2.31. The van der Waals surface area contributed by atoms with E-state index in [2.05, 4.69) is 48.6 Å². The van der Waals surface area contributed by atoms with Gasteiger partial charge in [-0.15, -0.1) is 0 Å². The lowest BCUT2D eigenvalue weighted by atomic mass is 9.99. The highest BCUT2D eigenvalue weighted by atomic mass is 15.1. The molecule has 14 heavy (non-hydrogen) atoms. The molecule has 0 saturated heterocycles. The molecule has 1 unspecified atom stereocenters. The van der Waals surface area contributed by atoms with Crippen LogP contribution in [0.3, 0.4) is 0 Å². The van der Waals surface area contributed by atoms with Gasteiger partial charge in [0.15, 0.2) is 0 Å². The van der Waals surface area contributed by atoms with Crippen molar-refractivity contribution in [2.24, 2.45) is 0 Å². The van der Waals surface area contributed by atoms with Gasteiger partial charge in [0, 0.05) is 12.6 Å². The van der Waals surface area contributed by atoms with Crippen LogP contribution in [-0.4, -0.2) is 25.5 Å². The Kier molecular flexibility index (Phi) is 2.85. The van der Waals surface area contributed by atoms with E-state index in [1.54, 1.807) is 0 Å². The molecule has 2 heteroatoms. The van der Waals surface area contributed by atoms with Crippen molar-refractivity contribution in [2.45, 2.75) is 19.0 Å². The van der Waals surface area contributed by atoms with Crippen molar-refractivity contribution >= 4 is 0 Å². The summed E-state index contributed by atoms with van der Waals surface area (Å²) in [6, 6.07) is 9.32. The van der Waals surface area contributed by atoms with Crippen LogP contribution in [0.15, 0.2) is 24.3 Å². The lowest BCUT2D eigenvalue weighted by molar-refractivity contribution is 0.286. The molecule has 0 spiro atoms. The molecule has 1 N–H and O–H groups in total. The van der Waals surface area contributed by atoms with Crippen LogP contribution >= 0.6 is 0 Å². The highest BCUT2D eigenvalue weighted by Gasteiger charge is 2.18. The van der Waals surface area contributed by atoms with Gasteiger partial charge in [-0.2, -0.15) is 0 Å². The molecular formula is C12H18N2. The standard InChI is InChI=1S/C12H18N2/c1-14(2)12-7-8-13-9-10-5-3-4-6-11(10)12/h3-6,12-13H,7-9H2,1-2H3. The van der Waals surface area contributed by atoms with Crippen LogP contribution in [0.2, 0.25) is 0 Å². The smallest absolute Gasteiger partial charge is 0.0357 e. The minimum absolute atomic E-state index is 0.571. The van der Waals surface area contributed by atoms with Gasteiger partial charge >= 0.3 is 0 Å². The Balaban J connectivity index is 2.37. The minimum atomic E-state index is 0.571. The molecule has 1 aromatic carbocycles. The minimum Gasteiger partial charge on any atom is -0.313 e. The van der Waals surface area contributed by atoms with Crippen molar-refractivity contribution in [1.29, 1.82) is 0 Å². The monoisotopic (exact) mass is 190 g/mol. The fourth-order valence-corrected chi connectivity index (χ4v) is 2.17. The summed E-state index contributed by atoms with van der Waals surface area (Å²) < 4.78 is 0. The van der Waals surface area contributed by atoms with Gasteiger partial charge in [0.25, 0.3) is 0 Å². The maximum atomic E-state index is 3.46. The first-order valence-corrected chi connectivity index (χ1v) is 5.24. The fourth-order valence-electron chi connectivity index (χ4n) is 2.17. The summed E-state index contributed by atoms with van der Waals surface area (Å²) in [5.74, 6) is 0. The Hall–Kier alpha value is -0.860. The SMILES string of the molecule is CN(C)C1CCNCc2ccccc21. The first-order chi connectivity index (χ1) is 6.79. The van der Waals surface area contributed by atoms with Crippen molar-refractivity contribution in [1.82, 2.24) is 10.2 Å². The van der Waals surface area contributed by atoms with Crippen LogP contribution in [0, 0.1) is 0 Å². The van der Waals surface area contributed by atoms with Crippen molar-refractivity contribution in [3.63, 3.8) is 0 Å². The van der Waals surface area contributed by atoms with Crippen molar-refractivity contribution in [2.75, 3.05) is 20.6 Å². The molecule has 0 radical (unpaired) electrons. The molecule has 1 aliphatic rings. The van der Waals surface area contributed by atoms with Gasteiger partial charge in [-0.3, -0.25) is 0 Å². The highest BCUT2D eigenvalue weighted by molar-refractivity contribution is 5.30. The first-order valence-electron chi connectivity index (χ1n) is 5.24.